The number of nitrogens with zero attached hydrogens (tertiary/aromatic N) is 5. The number of nitrogen functional groups attached to an aromatic ring is 1. The third-order valence-corrected chi connectivity index (χ3v) is 5.86. The van der Waals surface area contributed by atoms with Gasteiger partial charge in [0.05, 0.1) is 18.0 Å². The number of alkyl halides is 2. The van der Waals surface area contributed by atoms with E-state index in [2.05, 4.69) is 25.0 Å². The number of aromatic amines is 1. The number of benzene rings is 1. The van der Waals surface area contributed by atoms with Crippen LogP contribution < -0.4 is 5.73 Å². The Morgan fingerprint density at radius 3 is 2.60 bits per heavy atom. The van der Waals surface area contributed by atoms with Gasteiger partial charge >= 0.3 is 0 Å². The van der Waals surface area contributed by atoms with E-state index in [0.717, 1.165) is 22.1 Å². The molecule has 1 unspecified atom stereocenters. The Hall–Kier alpha value is -4.18. The van der Waals surface area contributed by atoms with E-state index in [1.54, 1.807) is 30.9 Å². The third kappa shape index (κ3) is 4.60. The summed E-state index contributed by atoms with van der Waals surface area (Å²) in [5.74, 6) is 0.0981. The number of anilines is 1. The first kappa shape index (κ1) is 22.6. The van der Waals surface area contributed by atoms with Gasteiger partial charge in [-0.05, 0) is 17.7 Å². The predicted octanol–water partition coefficient (Wildman–Crippen LogP) is 4.22. The van der Waals surface area contributed by atoms with Crippen LogP contribution in [0, 0.1) is 0 Å². The zero-order chi connectivity index (χ0) is 24.4. The fourth-order valence-corrected chi connectivity index (χ4v) is 3.99. The first-order valence-electron chi connectivity index (χ1n) is 11.1. The summed E-state index contributed by atoms with van der Waals surface area (Å²) in [6.45, 7) is -1.68. The van der Waals surface area contributed by atoms with Crippen molar-refractivity contribution in [3.63, 3.8) is 0 Å². The summed E-state index contributed by atoms with van der Waals surface area (Å²) in [5, 5.41) is 15.5. The molecule has 178 valence electrons. The average Bonchev–Trinajstić information content (AvgIpc) is 3.52. The van der Waals surface area contributed by atoms with Gasteiger partial charge in [0.2, 0.25) is 5.95 Å². The number of aromatic nitrogens is 6. The molecule has 4 N–H and O–H groups in total. The summed E-state index contributed by atoms with van der Waals surface area (Å²) in [4.78, 5) is 16.3. The number of aliphatic hydroxyl groups is 1. The highest BCUT2D eigenvalue weighted by atomic mass is 19.1. The van der Waals surface area contributed by atoms with Crippen LogP contribution in [-0.4, -0.2) is 48.2 Å². The minimum absolute atomic E-state index is 0.0981. The monoisotopic (exact) mass is 475 g/mol. The Balaban J connectivity index is 1.48. The quantitative estimate of drug-likeness (QED) is 0.309. The molecule has 4 heterocycles. The largest absolute Gasteiger partial charge is 0.388 e. The van der Waals surface area contributed by atoms with Crippen molar-refractivity contribution in [1.29, 1.82) is 0 Å². The number of aliphatic hydroxyl groups excluding tert-OH is 1. The molecule has 0 saturated carbocycles. The highest BCUT2D eigenvalue weighted by Gasteiger charge is 2.16. The molecule has 5 rings (SSSR count). The van der Waals surface area contributed by atoms with Gasteiger partial charge in [0.1, 0.15) is 25.0 Å². The van der Waals surface area contributed by atoms with Gasteiger partial charge in [-0.15, -0.1) is 0 Å². The number of rotatable bonds is 8. The van der Waals surface area contributed by atoms with Gasteiger partial charge in [0.25, 0.3) is 0 Å². The van der Waals surface area contributed by atoms with Crippen molar-refractivity contribution in [2.24, 2.45) is 0 Å². The number of nitrogens with one attached hydrogen (secondary N) is 1. The average molecular weight is 476 g/mol. The number of fused-ring (bicyclic) bond motifs is 1. The van der Waals surface area contributed by atoms with E-state index in [1.165, 1.54) is 4.68 Å². The zero-order valence-corrected chi connectivity index (χ0v) is 18.6. The van der Waals surface area contributed by atoms with Crippen molar-refractivity contribution >= 4 is 17.0 Å². The van der Waals surface area contributed by atoms with E-state index < -0.39 is 25.5 Å². The van der Waals surface area contributed by atoms with Crippen LogP contribution in [0.2, 0.25) is 0 Å². The number of nitrogens with two attached hydrogens (primary N) is 1. The minimum Gasteiger partial charge on any atom is -0.388 e. The number of pyridine rings is 1. The number of H-pyrrole nitrogens is 1. The number of hydrogen-bond donors (Lipinski definition) is 3. The second kappa shape index (κ2) is 9.59. The summed E-state index contributed by atoms with van der Waals surface area (Å²) in [6, 6.07) is 12.1. The van der Waals surface area contributed by atoms with E-state index in [-0.39, 0.29) is 12.4 Å². The highest BCUT2D eigenvalue weighted by molar-refractivity contribution is 5.95. The molecule has 35 heavy (non-hydrogen) atoms. The minimum atomic E-state index is -0.947. The summed E-state index contributed by atoms with van der Waals surface area (Å²) in [5.41, 5.74) is 10.8. The van der Waals surface area contributed by atoms with Crippen molar-refractivity contribution in [3.8, 4) is 22.4 Å². The Labute approximate surface area is 199 Å². The standard InChI is InChI=1S/C25H23F2N7O/c26-9-19(10-27)34-14-17(12-31-34)16-6-20-21(13-30-24(20)29-11-16)22-7-18(32-25(28)33-22)8-23(35)15-4-2-1-3-5-15/h1-7,11-14,19,23,35H,8-10H2,(H,29,30)(H2,28,32,33). The molecule has 1 atom stereocenters. The van der Waals surface area contributed by atoms with E-state index in [1.807, 2.05) is 36.4 Å². The van der Waals surface area contributed by atoms with Crippen LogP contribution in [0.15, 0.2) is 67.3 Å². The van der Waals surface area contributed by atoms with E-state index in [4.69, 9.17) is 5.73 Å². The molecule has 0 spiro atoms. The van der Waals surface area contributed by atoms with Crippen LogP contribution in [0.4, 0.5) is 14.7 Å². The lowest BCUT2D eigenvalue weighted by Crippen LogP contribution is -2.13. The Morgan fingerprint density at radius 2 is 1.83 bits per heavy atom. The van der Waals surface area contributed by atoms with Crippen molar-refractivity contribution in [3.05, 3.63) is 78.5 Å². The third-order valence-electron chi connectivity index (χ3n) is 5.86. The molecule has 0 aliphatic carbocycles. The lowest BCUT2D eigenvalue weighted by molar-refractivity contribution is 0.177. The molecule has 8 nitrogen and oxygen atoms in total. The van der Waals surface area contributed by atoms with E-state index in [9.17, 15) is 13.9 Å². The van der Waals surface area contributed by atoms with Gasteiger partial charge in [-0.3, -0.25) is 4.68 Å². The summed E-state index contributed by atoms with van der Waals surface area (Å²) in [7, 11) is 0. The molecule has 0 amide bonds. The summed E-state index contributed by atoms with van der Waals surface area (Å²) >= 11 is 0. The van der Waals surface area contributed by atoms with Crippen LogP contribution in [0.5, 0.6) is 0 Å². The van der Waals surface area contributed by atoms with Gasteiger partial charge < -0.3 is 15.8 Å². The maximum absolute atomic E-state index is 13.0. The van der Waals surface area contributed by atoms with Crippen molar-refractivity contribution < 1.29 is 13.9 Å². The molecule has 0 aliphatic heterocycles. The molecule has 0 radical (unpaired) electrons. The Kier molecular flexibility index (Phi) is 6.19. The Bertz CT molecular complexity index is 1450. The highest BCUT2D eigenvalue weighted by Crippen LogP contribution is 2.31. The smallest absolute Gasteiger partial charge is 0.220 e. The van der Waals surface area contributed by atoms with E-state index in [0.29, 0.717) is 22.6 Å². The van der Waals surface area contributed by atoms with Gasteiger partial charge in [-0.1, -0.05) is 30.3 Å². The van der Waals surface area contributed by atoms with Crippen LogP contribution in [0.1, 0.15) is 23.4 Å². The molecule has 0 saturated heterocycles. The molecular formula is C25H23F2N7O. The maximum atomic E-state index is 13.0. The van der Waals surface area contributed by atoms with Crippen molar-refractivity contribution in [2.75, 3.05) is 19.1 Å². The Morgan fingerprint density at radius 1 is 1.03 bits per heavy atom. The van der Waals surface area contributed by atoms with Gasteiger partial charge in [-0.25, -0.2) is 23.7 Å². The second-order valence-electron chi connectivity index (χ2n) is 8.23. The fourth-order valence-electron chi connectivity index (χ4n) is 3.99. The van der Waals surface area contributed by atoms with Crippen molar-refractivity contribution in [2.45, 2.75) is 18.6 Å². The fraction of sp³-hybridized carbons (Fsp3) is 0.200. The zero-order valence-electron chi connectivity index (χ0n) is 18.6. The van der Waals surface area contributed by atoms with Crippen LogP contribution in [-0.2, 0) is 6.42 Å². The van der Waals surface area contributed by atoms with Gasteiger partial charge in [-0.2, -0.15) is 5.10 Å². The lowest BCUT2D eigenvalue weighted by atomic mass is 10.0. The maximum Gasteiger partial charge on any atom is 0.220 e. The molecule has 0 fully saturated rings. The molecule has 4 aromatic heterocycles. The molecule has 0 aliphatic rings. The van der Waals surface area contributed by atoms with Gasteiger partial charge in [0, 0.05) is 52.8 Å². The lowest BCUT2D eigenvalue weighted by Gasteiger charge is -2.11. The van der Waals surface area contributed by atoms with Gasteiger partial charge in [0.15, 0.2) is 0 Å². The SMILES string of the molecule is Nc1nc(CC(O)c2ccccc2)cc(-c2c[nH]c3ncc(-c4cnn(C(CF)CF)c4)cc23)n1. The molecule has 10 heteroatoms. The predicted molar refractivity (Wildman–Crippen MR) is 129 cm³/mol. The second-order valence-corrected chi connectivity index (χ2v) is 8.23. The number of hydrogen-bond acceptors (Lipinski definition) is 6. The topological polar surface area (TPSA) is 119 Å². The summed E-state index contributed by atoms with van der Waals surface area (Å²) in [6.07, 6.45) is 6.15. The molecule has 5 aromatic rings. The van der Waals surface area contributed by atoms with Crippen LogP contribution >= 0.6 is 0 Å². The van der Waals surface area contributed by atoms with Crippen molar-refractivity contribution in [1.82, 2.24) is 29.7 Å². The van der Waals surface area contributed by atoms with Crippen LogP contribution in [0.3, 0.4) is 0 Å². The first-order valence-corrected chi connectivity index (χ1v) is 11.1. The molecular weight excluding hydrogens is 452 g/mol. The summed E-state index contributed by atoms with van der Waals surface area (Å²) < 4.78 is 27.4. The molecule has 1 aromatic carbocycles. The number of halogens is 2. The van der Waals surface area contributed by atoms with E-state index >= 15 is 0 Å². The normalized spacial score (nSPS) is 12.5. The first-order chi connectivity index (χ1) is 17.1. The molecule has 0 bridgehead atoms. The van der Waals surface area contributed by atoms with Crippen LogP contribution in [0.25, 0.3) is 33.4 Å².